The third kappa shape index (κ3) is 5.04. The minimum Gasteiger partial charge on any atom is -0.469 e. The lowest BCUT2D eigenvalue weighted by Gasteiger charge is -2.59. The topological polar surface area (TPSA) is 129 Å². The van der Waals surface area contributed by atoms with Crippen LogP contribution in [0.2, 0.25) is 0 Å². The second-order valence-electron chi connectivity index (χ2n) is 13.6. The van der Waals surface area contributed by atoms with Gasteiger partial charge >= 0.3 is 6.03 Å². The zero-order valence-corrected chi connectivity index (χ0v) is 26.2. The molecule has 4 aliphatic heterocycles. The zero-order valence-electron chi connectivity index (χ0n) is 26.2. The highest BCUT2D eigenvalue weighted by Crippen LogP contribution is 2.59. The molecule has 0 radical (unpaired) electrons. The molecule has 1 saturated carbocycles. The van der Waals surface area contributed by atoms with E-state index in [0.29, 0.717) is 37.7 Å². The molecule has 7 rings (SSSR count). The van der Waals surface area contributed by atoms with Crippen molar-refractivity contribution in [1.29, 1.82) is 0 Å². The first-order valence-corrected chi connectivity index (χ1v) is 15.9. The Kier molecular flexibility index (Phi) is 7.14. The SMILES string of the molecule is CCNC(=O)Nc1ccc(-c2nc(N3CC4OC5CCC54C3)nc3c2C(=O)N(CC2CCCN2C(C)=O)CC(C)(C)O3)cc1F. The Bertz CT molecular complexity index is 1570. The largest absolute Gasteiger partial charge is 0.469 e. The van der Waals surface area contributed by atoms with Crippen molar-refractivity contribution in [2.24, 2.45) is 5.41 Å². The van der Waals surface area contributed by atoms with Crippen LogP contribution in [0.25, 0.3) is 11.3 Å². The van der Waals surface area contributed by atoms with E-state index in [1.54, 1.807) is 24.8 Å². The molecule has 1 aromatic heterocycles. The van der Waals surface area contributed by atoms with Gasteiger partial charge in [0.25, 0.3) is 5.91 Å². The summed E-state index contributed by atoms with van der Waals surface area (Å²) < 4.78 is 28.0. The van der Waals surface area contributed by atoms with Crippen molar-refractivity contribution in [3.8, 4) is 17.1 Å². The van der Waals surface area contributed by atoms with Crippen molar-refractivity contribution >= 4 is 29.5 Å². The number of urea groups is 1. The Hall–Kier alpha value is -4.00. The second kappa shape index (κ2) is 10.8. The number of nitrogens with zero attached hydrogens (tertiary/aromatic N) is 5. The van der Waals surface area contributed by atoms with Crippen LogP contribution in [0.15, 0.2) is 18.2 Å². The Labute approximate surface area is 261 Å². The summed E-state index contributed by atoms with van der Waals surface area (Å²) in [7, 11) is 0. The number of anilines is 2. The van der Waals surface area contributed by atoms with Gasteiger partial charge in [0.1, 0.15) is 17.0 Å². The Morgan fingerprint density at radius 3 is 2.64 bits per heavy atom. The number of hydrogen-bond donors (Lipinski definition) is 2. The summed E-state index contributed by atoms with van der Waals surface area (Å²) in [5.41, 5.74) is 0.0763. The molecule has 0 bridgehead atoms. The number of hydrogen-bond acceptors (Lipinski definition) is 8. The normalized spacial score (nSPS) is 27.8. The van der Waals surface area contributed by atoms with Crippen molar-refractivity contribution in [1.82, 2.24) is 25.1 Å². The van der Waals surface area contributed by atoms with E-state index in [4.69, 9.17) is 19.4 Å². The lowest BCUT2D eigenvalue weighted by Crippen LogP contribution is -2.65. The quantitative estimate of drug-likeness (QED) is 0.502. The maximum atomic E-state index is 15.5. The molecule has 5 heterocycles. The molecule has 2 N–H and O–H groups in total. The van der Waals surface area contributed by atoms with Gasteiger partial charge < -0.3 is 34.8 Å². The highest BCUT2D eigenvalue weighted by atomic mass is 19.1. The number of carbonyl (C=O) groups is 3. The van der Waals surface area contributed by atoms with Gasteiger partial charge in [0.15, 0.2) is 0 Å². The third-order valence-corrected chi connectivity index (χ3v) is 9.99. The highest BCUT2D eigenvalue weighted by Gasteiger charge is 2.66. The molecule has 3 saturated heterocycles. The first-order valence-electron chi connectivity index (χ1n) is 15.9. The predicted molar refractivity (Wildman–Crippen MR) is 164 cm³/mol. The van der Waals surface area contributed by atoms with E-state index in [-0.39, 0.29) is 64.8 Å². The maximum Gasteiger partial charge on any atom is 0.319 e. The number of rotatable bonds is 6. The average Bonchev–Trinajstić information content (AvgIpc) is 3.57. The molecule has 13 heteroatoms. The second-order valence-corrected chi connectivity index (χ2v) is 13.6. The minimum absolute atomic E-state index is 0.00403. The summed E-state index contributed by atoms with van der Waals surface area (Å²) in [6, 6.07) is 3.74. The molecule has 12 nitrogen and oxygen atoms in total. The van der Waals surface area contributed by atoms with Crippen molar-refractivity contribution in [3.05, 3.63) is 29.6 Å². The van der Waals surface area contributed by atoms with E-state index in [0.717, 1.165) is 32.2 Å². The van der Waals surface area contributed by atoms with Crippen LogP contribution in [-0.2, 0) is 9.53 Å². The molecule has 4 unspecified atom stereocenters. The average molecular weight is 622 g/mol. The number of aromatic nitrogens is 2. The van der Waals surface area contributed by atoms with Crippen molar-refractivity contribution in [2.75, 3.05) is 49.5 Å². The van der Waals surface area contributed by atoms with Crippen LogP contribution in [-0.4, -0.2) is 101 Å². The van der Waals surface area contributed by atoms with Gasteiger partial charge in [-0.1, -0.05) is 6.07 Å². The number of carbonyl (C=O) groups excluding carboxylic acids is 3. The van der Waals surface area contributed by atoms with Gasteiger partial charge in [0, 0.05) is 56.7 Å². The summed E-state index contributed by atoms with van der Waals surface area (Å²) in [6.07, 6.45) is 4.20. The number of fused-ring (bicyclic) bond motifs is 1. The molecule has 2 aromatic rings. The third-order valence-electron chi connectivity index (χ3n) is 9.99. The molecule has 1 aromatic carbocycles. The van der Waals surface area contributed by atoms with Crippen molar-refractivity contribution in [2.45, 2.75) is 77.2 Å². The molecule has 1 aliphatic carbocycles. The van der Waals surface area contributed by atoms with Gasteiger partial charge in [-0.15, -0.1) is 0 Å². The summed E-state index contributed by atoms with van der Waals surface area (Å²) in [5.74, 6) is -0.464. The molecular weight excluding hydrogens is 581 g/mol. The standard InChI is InChI=1S/C32H40FN7O5/c1-5-34-30(43)35-22-9-8-19(13-21(22)33)26-25-27(37-29(36-26)39-15-24-32(17-39)11-10-23(32)44-24)45-31(3,4)16-38(28(25)42)14-20-7-6-12-40(20)18(2)41/h8-9,13,20,23-24H,5-7,10-12,14-17H2,1-4H3,(H2,34,35,43). The summed E-state index contributed by atoms with van der Waals surface area (Å²) >= 11 is 0. The van der Waals surface area contributed by atoms with E-state index in [1.807, 2.05) is 18.7 Å². The Morgan fingerprint density at radius 1 is 1.16 bits per heavy atom. The molecule has 45 heavy (non-hydrogen) atoms. The van der Waals surface area contributed by atoms with Crippen LogP contribution in [0.3, 0.4) is 0 Å². The predicted octanol–water partition coefficient (Wildman–Crippen LogP) is 3.42. The fourth-order valence-corrected chi connectivity index (χ4v) is 7.71. The van der Waals surface area contributed by atoms with Crippen LogP contribution < -0.4 is 20.3 Å². The van der Waals surface area contributed by atoms with E-state index >= 15 is 4.39 Å². The van der Waals surface area contributed by atoms with E-state index in [9.17, 15) is 14.4 Å². The first kappa shape index (κ1) is 29.7. The van der Waals surface area contributed by atoms with Crippen LogP contribution >= 0.6 is 0 Å². The van der Waals surface area contributed by atoms with Crippen LogP contribution in [0, 0.1) is 11.2 Å². The van der Waals surface area contributed by atoms with E-state index in [2.05, 4.69) is 15.5 Å². The molecule has 4 atom stereocenters. The van der Waals surface area contributed by atoms with Crippen molar-refractivity contribution in [3.63, 3.8) is 0 Å². The molecule has 4 amide bonds. The molecule has 5 aliphatic rings. The summed E-state index contributed by atoms with van der Waals surface area (Å²) in [4.78, 5) is 54.3. The van der Waals surface area contributed by atoms with E-state index in [1.165, 1.54) is 12.1 Å². The Balaban J connectivity index is 1.30. The van der Waals surface area contributed by atoms with Crippen LogP contribution in [0.4, 0.5) is 20.8 Å². The lowest BCUT2D eigenvalue weighted by molar-refractivity contribution is -0.279. The number of ether oxygens (including phenoxy) is 2. The number of halogens is 1. The zero-order chi connectivity index (χ0) is 31.7. The number of nitrogens with one attached hydrogen (secondary N) is 2. The van der Waals surface area contributed by atoms with Crippen LogP contribution in [0.1, 0.15) is 63.7 Å². The highest BCUT2D eigenvalue weighted by molar-refractivity contribution is 6.03. The molecule has 4 fully saturated rings. The summed E-state index contributed by atoms with van der Waals surface area (Å²) in [6.45, 7) is 10.2. The Morgan fingerprint density at radius 2 is 1.98 bits per heavy atom. The fraction of sp³-hybridized carbons (Fsp3) is 0.594. The number of likely N-dealkylation sites (tertiary alicyclic amines) is 1. The van der Waals surface area contributed by atoms with Gasteiger partial charge in [-0.2, -0.15) is 4.98 Å². The fourth-order valence-electron chi connectivity index (χ4n) is 7.71. The maximum absolute atomic E-state index is 15.5. The first-order chi connectivity index (χ1) is 21.5. The van der Waals surface area contributed by atoms with Gasteiger partial charge in [-0.05, 0) is 58.6 Å². The monoisotopic (exact) mass is 621 g/mol. The van der Waals surface area contributed by atoms with Crippen LogP contribution in [0.5, 0.6) is 5.88 Å². The molecule has 1 spiro atoms. The number of amides is 4. The number of benzene rings is 1. The molecular formula is C32H40FN7O5. The molecule has 240 valence electrons. The summed E-state index contributed by atoms with van der Waals surface area (Å²) in [5, 5.41) is 5.11. The minimum atomic E-state index is -0.806. The van der Waals surface area contributed by atoms with Gasteiger partial charge in [-0.3, -0.25) is 9.59 Å². The van der Waals surface area contributed by atoms with Gasteiger partial charge in [0.05, 0.1) is 30.1 Å². The smallest absolute Gasteiger partial charge is 0.319 e. The lowest BCUT2D eigenvalue weighted by atomic mass is 9.60. The van der Waals surface area contributed by atoms with Crippen molar-refractivity contribution < 1.29 is 28.2 Å². The van der Waals surface area contributed by atoms with E-state index < -0.39 is 17.4 Å². The van der Waals surface area contributed by atoms with Gasteiger partial charge in [-0.25, -0.2) is 14.2 Å². The van der Waals surface area contributed by atoms with Gasteiger partial charge in [0.2, 0.25) is 17.7 Å².